The second-order valence-electron chi connectivity index (χ2n) is 10.2. The van der Waals surface area contributed by atoms with Gasteiger partial charge in [-0.25, -0.2) is 0 Å². The smallest absolute Gasteiger partial charge is 0.220 e. The molecule has 4 rings (SSSR count). The fraction of sp³-hybridized carbons (Fsp3) is 0.654. The number of nitrogens with zero attached hydrogens (tertiary/aromatic N) is 4. The van der Waals surface area contributed by atoms with Crippen molar-refractivity contribution in [3.05, 3.63) is 47.5 Å². The van der Waals surface area contributed by atoms with Gasteiger partial charge in [-0.15, -0.1) is 10.2 Å². The van der Waals surface area contributed by atoms with Crippen LogP contribution in [0, 0.1) is 12.8 Å². The van der Waals surface area contributed by atoms with E-state index in [1.54, 1.807) is 0 Å². The van der Waals surface area contributed by atoms with Gasteiger partial charge in [0.05, 0.1) is 6.04 Å². The van der Waals surface area contributed by atoms with Crippen LogP contribution in [0.15, 0.2) is 30.3 Å². The molecular formula is C26H39N5O. The van der Waals surface area contributed by atoms with E-state index in [1.807, 2.05) is 6.07 Å². The van der Waals surface area contributed by atoms with Crippen LogP contribution in [0.3, 0.4) is 0 Å². The standard InChI is InChI=1S/C26H39N5O/c1-18(2)26-29-28-20(4)31(26)23-12-14-30(15-13-23)19(3)16-24(22-8-6-5-7-9-22)27-25(32)17-21-10-11-21/h5-9,18-19,21,23-24H,10-17H2,1-4H3,(H,27,32)/t19?,24-/m0/s1. The summed E-state index contributed by atoms with van der Waals surface area (Å²) in [5, 5.41) is 12.1. The van der Waals surface area contributed by atoms with Crippen LogP contribution in [-0.2, 0) is 4.79 Å². The lowest BCUT2D eigenvalue weighted by Crippen LogP contribution is -2.43. The van der Waals surface area contributed by atoms with E-state index in [1.165, 1.54) is 18.4 Å². The Bertz CT molecular complexity index is 881. The number of carbonyl (C=O) groups is 1. The molecule has 1 aromatic carbocycles. The number of hydrogen-bond donors (Lipinski definition) is 1. The summed E-state index contributed by atoms with van der Waals surface area (Å²) in [6.45, 7) is 10.9. The lowest BCUT2D eigenvalue weighted by atomic mass is 9.96. The van der Waals surface area contributed by atoms with Gasteiger partial charge in [0, 0.05) is 37.5 Å². The Morgan fingerprint density at radius 1 is 1.06 bits per heavy atom. The minimum Gasteiger partial charge on any atom is -0.349 e. The number of hydrogen-bond acceptors (Lipinski definition) is 4. The van der Waals surface area contributed by atoms with Crippen LogP contribution < -0.4 is 5.32 Å². The van der Waals surface area contributed by atoms with Crippen molar-refractivity contribution in [1.29, 1.82) is 0 Å². The molecule has 1 unspecified atom stereocenters. The van der Waals surface area contributed by atoms with Crippen molar-refractivity contribution in [3.8, 4) is 0 Å². The molecule has 1 saturated carbocycles. The first kappa shape index (κ1) is 23.0. The number of likely N-dealkylation sites (tertiary alicyclic amines) is 1. The molecule has 1 aliphatic heterocycles. The summed E-state index contributed by atoms with van der Waals surface area (Å²) in [6, 6.07) is 11.4. The van der Waals surface area contributed by atoms with Crippen molar-refractivity contribution >= 4 is 5.91 Å². The molecule has 2 atom stereocenters. The van der Waals surface area contributed by atoms with Gasteiger partial charge in [-0.2, -0.15) is 0 Å². The topological polar surface area (TPSA) is 63.1 Å². The highest BCUT2D eigenvalue weighted by Gasteiger charge is 2.30. The van der Waals surface area contributed by atoms with Crippen molar-refractivity contribution in [1.82, 2.24) is 25.0 Å². The van der Waals surface area contributed by atoms with Crippen molar-refractivity contribution in [2.45, 2.75) is 90.3 Å². The number of piperidine rings is 1. The van der Waals surface area contributed by atoms with Crippen LogP contribution in [0.2, 0.25) is 0 Å². The van der Waals surface area contributed by atoms with Gasteiger partial charge in [-0.1, -0.05) is 44.2 Å². The molecule has 6 heteroatoms. The molecular weight excluding hydrogens is 398 g/mol. The van der Waals surface area contributed by atoms with E-state index < -0.39 is 0 Å². The molecule has 32 heavy (non-hydrogen) atoms. The quantitative estimate of drug-likeness (QED) is 0.613. The number of nitrogens with one attached hydrogen (secondary N) is 1. The number of aromatic nitrogens is 3. The first-order valence-electron chi connectivity index (χ1n) is 12.4. The predicted octanol–water partition coefficient (Wildman–Crippen LogP) is 4.78. The maximum atomic E-state index is 12.6. The van der Waals surface area contributed by atoms with Gasteiger partial charge in [0.15, 0.2) is 0 Å². The van der Waals surface area contributed by atoms with Crippen LogP contribution in [0.5, 0.6) is 0 Å². The molecule has 1 aromatic heterocycles. The molecule has 2 fully saturated rings. The van der Waals surface area contributed by atoms with E-state index in [0.717, 1.165) is 44.0 Å². The molecule has 174 valence electrons. The van der Waals surface area contributed by atoms with E-state index in [2.05, 4.69) is 76.9 Å². The molecule has 2 heterocycles. The Morgan fingerprint density at radius 3 is 2.38 bits per heavy atom. The molecule has 1 aliphatic carbocycles. The summed E-state index contributed by atoms with van der Waals surface area (Å²) >= 11 is 0. The minimum absolute atomic E-state index is 0.0720. The predicted molar refractivity (Wildman–Crippen MR) is 127 cm³/mol. The molecule has 2 aliphatic rings. The summed E-state index contributed by atoms with van der Waals surface area (Å²) in [7, 11) is 0. The summed E-state index contributed by atoms with van der Waals surface area (Å²) < 4.78 is 2.37. The fourth-order valence-electron chi connectivity index (χ4n) is 5.11. The zero-order chi connectivity index (χ0) is 22.7. The maximum absolute atomic E-state index is 12.6. The highest BCUT2D eigenvalue weighted by Crippen LogP contribution is 2.33. The Morgan fingerprint density at radius 2 is 1.75 bits per heavy atom. The third-order valence-electron chi connectivity index (χ3n) is 7.18. The van der Waals surface area contributed by atoms with Crippen molar-refractivity contribution in [2.75, 3.05) is 13.1 Å². The number of amides is 1. The lowest BCUT2D eigenvalue weighted by Gasteiger charge is -2.38. The number of benzene rings is 1. The molecule has 2 aromatic rings. The third-order valence-corrected chi connectivity index (χ3v) is 7.18. The molecule has 1 saturated heterocycles. The Kier molecular flexibility index (Phi) is 7.29. The largest absolute Gasteiger partial charge is 0.349 e. The summed E-state index contributed by atoms with van der Waals surface area (Å²) in [6.07, 6.45) is 6.27. The first-order chi connectivity index (χ1) is 15.4. The van der Waals surface area contributed by atoms with Crippen LogP contribution in [-0.4, -0.2) is 44.7 Å². The normalized spacial score (nSPS) is 19.8. The van der Waals surface area contributed by atoms with Crippen LogP contribution in [0.4, 0.5) is 0 Å². The average Bonchev–Trinajstić information content (AvgIpc) is 3.51. The molecule has 1 N–H and O–H groups in total. The van der Waals surface area contributed by atoms with Crippen molar-refractivity contribution < 1.29 is 4.79 Å². The van der Waals surface area contributed by atoms with Gasteiger partial charge in [0.25, 0.3) is 0 Å². The summed E-state index contributed by atoms with van der Waals surface area (Å²) in [4.78, 5) is 15.2. The number of carbonyl (C=O) groups excluding carboxylic acids is 1. The Labute approximate surface area is 192 Å². The monoisotopic (exact) mass is 437 g/mol. The molecule has 0 bridgehead atoms. The molecule has 0 radical (unpaired) electrons. The minimum atomic E-state index is 0.0720. The van der Waals surface area contributed by atoms with E-state index in [-0.39, 0.29) is 11.9 Å². The van der Waals surface area contributed by atoms with Crippen LogP contribution in [0.1, 0.15) is 94.5 Å². The van der Waals surface area contributed by atoms with Gasteiger partial charge in [-0.05, 0) is 57.4 Å². The highest BCUT2D eigenvalue weighted by atomic mass is 16.1. The van der Waals surface area contributed by atoms with Crippen LogP contribution in [0.25, 0.3) is 0 Å². The molecule has 6 nitrogen and oxygen atoms in total. The lowest BCUT2D eigenvalue weighted by molar-refractivity contribution is -0.122. The summed E-state index contributed by atoms with van der Waals surface area (Å²) in [5.41, 5.74) is 1.21. The van der Waals surface area contributed by atoms with Crippen molar-refractivity contribution in [2.24, 2.45) is 5.92 Å². The van der Waals surface area contributed by atoms with Crippen LogP contribution >= 0.6 is 0 Å². The van der Waals surface area contributed by atoms with Gasteiger partial charge in [-0.3, -0.25) is 4.79 Å². The van der Waals surface area contributed by atoms with Gasteiger partial charge in [0.1, 0.15) is 11.6 Å². The second kappa shape index (κ2) is 10.2. The van der Waals surface area contributed by atoms with Crippen molar-refractivity contribution in [3.63, 3.8) is 0 Å². The van der Waals surface area contributed by atoms with Gasteiger partial charge < -0.3 is 14.8 Å². The highest BCUT2D eigenvalue weighted by molar-refractivity contribution is 5.77. The molecule has 0 spiro atoms. The molecule has 1 amide bonds. The Balaban J connectivity index is 1.37. The van der Waals surface area contributed by atoms with E-state index in [0.29, 0.717) is 30.3 Å². The zero-order valence-corrected chi connectivity index (χ0v) is 20.1. The number of aryl methyl sites for hydroxylation is 1. The van der Waals surface area contributed by atoms with E-state index >= 15 is 0 Å². The van der Waals surface area contributed by atoms with Gasteiger partial charge in [0.2, 0.25) is 5.91 Å². The maximum Gasteiger partial charge on any atom is 0.220 e. The second-order valence-corrected chi connectivity index (χ2v) is 10.2. The van der Waals surface area contributed by atoms with E-state index in [4.69, 9.17) is 0 Å². The fourth-order valence-corrected chi connectivity index (χ4v) is 5.11. The zero-order valence-electron chi connectivity index (χ0n) is 20.1. The average molecular weight is 438 g/mol. The number of rotatable bonds is 9. The van der Waals surface area contributed by atoms with Gasteiger partial charge >= 0.3 is 0 Å². The van der Waals surface area contributed by atoms with E-state index in [9.17, 15) is 4.79 Å². The third kappa shape index (κ3) is 5.58. The SMILES string of the molecule is Cc1nnc(C(C)C)n1C1CCN(C(C)C[C@H](NC(=O)CC2CC2)c2ccccc2)CC1. The summed E-state index contributed by atoms with van der Waals surface area (Å²) in [5.74, 6) is 3.34. The Hall–Kier alpha value is -2.21. The first-order valence-corrected chi connectivity index (χ1v) is 12.4.